The second-order valence-corrected chi connectivity index (χ2v) is 1.41. The standard InChI is InChI=1S/C6H6N.BrH.Zn/c1-6-4-2-3-5-7-6;;/h2-4H,1H3;1H;/q-1;;+2/p-1. The topological polar surface area (TPSA) is 12.9 Å². The summed E-state index contributed by atoms with van der Waals surface area (Å²) in [6, 6.07) is 5.64. The molecule has 1 heterocycles. The minimum absolute atomic E-state index is 1.02. The van der Waals surface area contributed by atoms with Gasteiger partial charge in [0.15, 0.2) is 0 Å². The van der Waals surface area contributed by atoms with E-state index in [0.29, 0.717) is 0 Å². The minimum atomic E-state index is 1.02. The Morgan fingerprint density at radius 3 is 2.56 bits per heavy atom. The van der Waals surface area contributed by atoms with Crippen molar-refractivity contribution in [3.05, 3.63) is 30.1 Å². The van der Waals surface area contributed by atoms with E-state index < -0.39 is 0 Å². The summed E-state index contributed by atoms with van der Waals surface area (Å²) in [4.78, 5) is 3.85. The molecule has 0 spiro atoms. The summed E-state index contributed by atoms with van der Waals surface area (Å²) in [5.41, 5.74) is 1.02. The SMILES string of the molecule is Cc1ccc[c-]n1.[Zn+][Br]. The van der Waals surface area contributed by atoms with E-state index >= 15 is 0 Å². The number of aromatic nitrogens is 1. The fourth-order valence-corrected chi connectivity index (χ4v) is 0.407. The van der Waals surface area contributed by atoms with Gasteiger partial charge in [-0.2, -0.15) is 18.2 Å². The van der Waals surface area contributed by atoms with Gasteiger partial charge < -0.3 is 4.98 Å². The molecule has 0 amide bonds. The third-order valence-electron chi connectivity index (χ3n) is 0.749. The Kier molecular flexibility index (Phi) is 6.55. The molecule has 1 aromatic rings. The Bertz CT molecular complexity index is 143. The summed E-state index contributed by atoms with van der Waals surface area (Å²) >= 11 is 4.25. The van der Waals surface area contributed by atoms with Gasteiger partial charge in [0, 0.05) is 0 Å². The van der Waals surface area contributed by atoms with Crippen molar-refractivity contribution in [3.8, 4) is 0 Å². The Morgan fingerprint density at radius 2 is 2.33 bits per heavy atom. The second-order valence-electron chi connectivity index (χ2n) is 1.41. The summed E-state index contributed by atoms with van der Waals surface area (Å²) in [6.45, 7) is 1.94. The van der Waals surface area contributed by atoms with Crippen molar-refractivity contribution in [2.24, 2.45) is 0 Å². The van der Waals surface area contributed by atoms with Gasteiger partial charge in [0.2, 0.25) is 0 Å². The molecule has 0 atom stereocenters. The Hall–Kier alpha value is 0.253. The van der Waals surface area contributed by atoms with Gasteiger partial charge in [0.05, 0.1) is 0 Å². The number of nitrogens with zero attached hydrogens (tertiary/aromatic N) is 1. The van der Waals surface area contributed by atoms with Crippen molar-refractivity contribution in [1.82, 2.24) is 4.98 Å². The third kappa shape index (κ3) is 4.74. The van der Waals surface area contributed by atoms with Gasteiger partial charge in [-0.15, -0.1) is 0 Å². The van der Waals surface area contributed by atoms with E-state index in [0.717, 1.165) is 5.69 Å². The average molecular weight is 237 g/mol. The van der Waals surface area contributed by atoms with E-state index in [1.165, 1.54) is 16.3 Å². The molecule has 1 aromatic heterocycles. The fraction of sp³-hybridized carbons (Fsp3) is 0.167. The predicted molar refractivity (Wildman–Crippen MR) is 36.7 cm³/mol. The molecule has 0 bridgehead atoms. The van der Waals surface area contributed by atoms with E-state index in [-0.39, 0.29) is 0 Å². The second kappa shape index (κ2) is 6.37. The summed E-state index contributed by atoms with van der Waals surface area (Å²) in [6.07, 6.45) is 2.71. The van der Waals surface area contributed by atoms with Crippen LogP contribution in [-0.4, -0.2) is 4.98 Å². The van der Waals surface area contributed by atoms with Crippen molar-refractivity contribution in [1.29, 1.82) is 0 Å². The molecule has 0 unspecified atom stereocenters. The van der Waals surface area contributed by atoms with Crippen LogP contribution in [0, 0.1) is 13.1 Å². The summed E-state index contributed by atoms with van der Waals surface area (Å²) < 4.78 is 0. The molecule has 0 saturated heterocycles. The van der Waals surface area contributed by atoms with Gasteiger partial charge in [-0.25, -0.2) is 0 Å². The molecule has 0 aliphatic heterocycles. The molecule has 3 heteroatoms. The first-order valence-electron chi connectivity index (χ1n) is 2.46. The zero-order valence-electron chi connectivity index (χ0n) is 5.26. The van der Waals surface area contributed by atoms with Crippen molar-refractivity contribution in [2.75, 3.05) is 0 Å². The predicted octanol–water partition coefficient (Wildman–Crippen LogP) is 2.03. The van der Waals surface area contributed by atoms with Crippen LogP contribution >= 0.6 is 13.6 Å². The molecule has 0 aliphatic carbocycles. The van der Waals surface area contributed by atoms with Crippen LogP contribution < -0.4 is 0 Å². The van der Waals surface area contributed by atoms with E-state index in [4.69, 9.17) is 0 Å². The van der Waals surface area contributed by atoms with Gasteiger partial charge in [0.1, 0.15) is 0 Å². The molecule has 0 aliphatic rings. The van der Waals surface area contributed by atoms with Gasteiger partial charge >= 0.3 is 30.0 Å². The zero-order chi connectivity index (χ0) is 7.11. The van der Waals surface area contributed by atoms with Crippen LogP contribution in [0.1, 0.15) is 5.69 Å². The maximum absolute atomic E-state index is 3.85. The van der Waals surface area contributed by atoms with E-state index in [9.17, 15) is 0 Å². The van der Waals surface area contributed by atoms with Crippen molar-refractivity contribution < 1.29 is 16.3 Å². The van der Waals surface area contributed by atoms with Crippen LogP contribution in [0.4, 0.5) is 0 Å². The number of rotatable bonds is 0. The molecule has 9 heavy (non-hydrogen) atoms. The normalized spacial score (nSPS) is 7.56. The zero-order valence-corrected chi connectivity index (χ0v) is 9.82. The first kappa shape index (κ1) is 9.25. The first-order valence-corrected chi connectivity index (χ1v) is 9.41. The summed E-state index contributed by atoms with van der Waals surface area (Å²) in [7, 11) is 0. The van der Waals surface area contributed by atoms with Crippen LogP contribution in [0.15, 0.2) is 18.2 Å². The number of pyridine rings is 1. The van der Waals surface area contributed by atoms with Crippen LogP contribution in [-0.2, 0) is 16.3 Å². The maximum atomic E-state index is 3.85. The molecule has 0 fully saturated rings. The fourth-order valence-electron chi connectivity index (χ4n) is 0.407. The van der Waals surface area contributed by atoms with Crippen molar-refractivity contribution in [3.63, 3.8) is 0 Å². The van der Waals surface area contributed by atoms with Gasteiger partial charge in [-0.3, -0.25) is 0 Å². The number of hydrogen-bond acceptors (Lipinski definition) is 1. The first-order chi connectivity index (χ1) is 4.39. The van der Waals surface area contributed by atoms with E-state index in [2.05, 4.69) is 24.8 Å². The Labute approximate surface area is 71.9 Å². The summed E-state index contributed by atoms with van der Waals surface area (Å²) in [5.74, 6) is 0. The molecular formula is C6H6BrNZn. The third-order valence-corrected chi connectivity index (χ3v) is 0.749. The van der Waals surface area contributed by atoms with Crippen LogP contribution in [0.5, 0.6) is 0 Å². The van der Waals surface area contributed by atoms with Gasteiger partial charge in [-0.05, 0) is 0 Å². The number of hydrogen-bond donors (Lipinski definition) is 0. The Morgan fingerprint density at radius 1 is 1.67 bits per heavy atom. The van der Waals surface area contributed by atoms with Crippen molar-refractivity contribution >= 4 is 13.6 Å². The van der Waals surface area contributed by atoms with Gasteiger partial charge in [0.25, 0.3) is 0 Å². The molecule has 1 rings (SSSR count). The molecule has 44 valence electrons. The van der Waals surface area contributed by atoms with Crippen LogP contribution in [0.3, 0.4) is 0 Å². The summed E-state index contributed by atoms with van der Waals surface area (Å²) in [5, 5.41) is 0. The number of halogens is 1. The van der Waals surface area contributed by atoms with Crippen LogP contribution in [0.2, 0.25) is 0 Å². The molecule has 1 nitrogen and oxygen atoms in total. The van der Waals surface area contributed by atoms with E-state index in [1.54, 1.807) is 6.07 Å². The molecule has 0 aromatic carbocycles. The molecule has 0 saturated carbocycles. The van der Waals surface area contributed by atoms with E-state index in [1.807, 2.05) is 19.1 Å². The monoisotopic (exact) mass is 235 g/mol. The average Bonchev–Trinajstić information content (AvgIpc) is 1.94. The molecular weight excluding hydrogens is 231 g/mol. The molecule has 0 N–H and O–H groups in total. The van der Waals surface area contributed by atoms with Crippen LogP contribution in [0.25, 0.3) is 0 Å². The number of aryl methyl sites for hydroxylation is 1. The quantitative estimate of drug-likeness (QED) is 0.497. The van der Waals surface area contributed by atoms with Gasteiger partial charge in [-0.1, -0.05) is 18.8 Å². The Balaban J connectivity index is 0.000000291. The molecule has 0 radical (unpaired) electrons. The van der Waals surface area contributed by atoms with Crippen molar-refractivity contribution in [2.45, 2.75) is 6.92 Å².